The Bertz CT molecular complexity index is 452. The number of hydrogen-bond donors (Lipinski definition) is 0. The standard InChI is InChI=1S/C14H18O4/c1-9-6-11(8-15)7-10(2)12(9)18-14(3,4)13(16)17-5/h6-8H,1-5H3. The summed E-state index contributed by atoms with van der Waals surface area (Å²) in [5.74, 6) is 0.164. The summed E-state index contributed by atoms with van der Waals surface area (Å²) in [6.45, 7) is 6.96. The molecule has 0 saturated carbocycles. The average molecular weight is 250 g/mol. The van der Waals surface area contributed by atoms with Crippen LogP contribution in [0.2, 0.25) is 0 Å². The number of carbonyl (C=O) groups excluding carboxylic acids is 2. The maximum absolute atomic E-state index is 11.6. The van der Waals surface area contributed by atoms with Crippen LogP contribution in [0.25, 0.3) is 0 Å². The lowest BCUT2D eigenvalue weighted by molar-refractivity contribution is -0.156. The molecule has 4 nitrogen and oxygen atoms in total. The van der Waals surface area contributed by atoms with Gasteiger partial charge in [-0.25, -0.2) is 4.79 Å². The molecular weight excluding hydrogens is 232 g/mol. The zero-order valence-corrected chi connectivity index (χ0v) is 11.4. The monoisotopic (exact) mass is 250 g/mol. The van der Waals surface area contributed by atoms with E-state index in [0.29, 0.717) is 11.3 Å². The molecule has 1 aromatic rings. The van der Waals surface area contributed by atoms with Gasteiger partial charge in [0.15, 0.2) is 5.60 Å². The van der Waals surface area contributed by atoms with E-state index < -0.39 is 11.6 Å². The van der Waals surface area contributed by atoms with Crippen LogP contribution >= 0.6 is 0 Å². The summed E-state index contributed by atoms with van der Waals surface area (Å²) in [4.78, 5) is 22.3. The predicted molar refractivity (Wildman–Crippen MR) is 68.0 cm³/mol. The number of rotatable bonds is 4. The highest BCUT2D eigenvalue weighted by Gasteiger charge is 2.32. The van der Waals surface area contributed by atoms with Crippen LogP contribution in [0.4, 0.5) is 0 Å². The first kappa shape index (κ1) is 14.2. The van der Waals surface area contributed by atoms with E-state index in [-0.39, 0.29) is 0 Å². The summed E-state index contributed by atoms with van der Waals surface area (Å²) in [5, 5.41) is 0. The maximum Gasteiger partial charge on any atom is 0.349 e. The van der Waals surface area contributed by atoms with Gasteiger partial charge in [-0.1, -0.05) is 0 Å². The Hall–Kier alpha value is -1.84. The van der Waals surface area contributed by atoms with E-state index in [9.17, 15) is 9.59 Å². The van der Waals surface area contributed by atoms with Gasteiger partial charge in [0.1, 0.15) is 12.0 Å². The first-order valence-corrected chi connectivity index (χ1v) is 5.65. The van der Waals surface area contributed by atoms with Crippen LogP contribution in [-0.2, 0) is 9.53 Å². The lowest BCUT2D eigenvalue weighted by Gasteiger charge is -2.25. The van der Waals surface area contributed by atoms with Crippen LogP contribution < -0.4 is 4.74 Å². The van der Waals surface area contributed by atoms with Crippen molar-refractivity contribution < 1.29 is 19.1 Å². The van der Waals surface area contributed by atoms with Gasteiger partial charge in [-0.15, -0.1) is 0 Å². The molecule has 0 aliphatic heterocycles. The topological polar surface area (TPSA) is 52.6 Å². The molecule has 0 aromatic heterocycles. The summed E-state index contributed by atoms with van der Waals surface area (Å²) in [6.07, 6.45) is 0.787. The molecule has 0 N–H and O–H groups in total. The zero-order chi connectivity index (χ0) is 13.9. The molecule has 18 heavy (non-hydrogen) atoms. The molecule has 4 heteroatoms. The Kier molecular flexibility index (Phi) is 4.11. The van der Waals surface area contributed by atoms with Gasteiger partial charge >= 0.3 is 5.97 Å². The van der Waals surface area contributed by atoms with Crippen LogP contribution in [0.15, 0.2) is 12.1 Å². The van der Waals surface area contributed by atoms with E-state index in [0.717, 1.165) is 17.4 Å². The Morgan fingerprint density at radius 3 is 2.11 bits per heavy atom. The first-order valence-electron chi connectivity index (χ1n) is 5.65. The van der Waals surface area contributed by atoms with Crippen molar-refractivity contribution in [3.05, 3.63) is 28.8 Å². The summed E-state index contributed by atoms with van der Waals surface area (Å²) < 4.78 is 10.4. The molecule has 1 aromatic carbocycles. The Labute approximate surface area is 107 Å². The fourth-order valence-corrected chi connectivity index (χ4v) is 1.76. The average Bonchev–Trinajstić information content (AvgIpc) is 2.32. The Balaban J connectivity index is 3.12. The Morgan fingerprint density at radius 1 is 1.22 bits per heavy atom. The summed E-state index contributed by atoms with van der Waals surface area (Å²) in [7, 11) is 1.32. The number of aryl methyl sites for hydroxylation is 2. The van der Waals surface area contributed by atoms with E-state index in [1.165, 1.54) is 7.11 Å². The minimum atomic E-state index is -1.06. The number of hydrogen-bond acceptors (Lipinski definition) is 4. The van der Waals surface area contributed by atoms with E-state index in [1.807, 2.05) is 13.8 Å². The van der Waals surface area contributed by atoms with Crippen molar-refractivity contribution in [2.24, 2.45) is 0 Å². The van der Waals surface area contributed by atoms with E-state index in [1.54, 1.807) is 26.0 Å². The van der Waals surface area contributed by atoms with Crippen LogP contribution in [-0.4, -0.2) is 25.0 Å². The van der Waals surface area contributed by atoms with Gasteiger partial charge in [0.2, 0.25) is 0 Å². The molecule has 98 valence electrons. The molecule has 0 aliphatic carbocycles. The molecule has 0 fully saturated rings. The van der Waals surface area contributed by atoms with Crippen molar-refractivity contribution in [2.45, 2.75) is 33.3 Å². The fraction of sp³-hybridized carbons (Fsp3) is 0.429. The van der Waals surface area contributed by atoms with Crippen molar-refractivity contribution in [3.8, 4) is 5.75 Å². The number of methoxy groups -OCH3 is 1. The van der Waals surface area contributed by atoms with Crippen molar-refractivity contribution in [2.75, 3.05) is 7.11 Å². The smallest absolute Gasteiger partial charge is 0.349 e. The summed E-state index contributed by atoms with van der Waals surface area (Å²) in [6, 6.07) is 3.45. The van der Waals surface area contributed by atoms with E-state index in [2.05, 4.69) is 0 Å². The van der Waals surface area contributed by atoms with Crippen LogP contribution in [0.1, 0.15) is 35.3 Å². The summed E-state index contributed by atoms with van der Waals surface area (Å²) >= 11 is 0. The number of benzene rings is 1. The SMILES string of the molecule is COC(=O)C(C)(C)Oc1c(C)cc(C=O)cc1C. The van der Waals surface area contributed by atoms with Crippen molar-refractivity contribution in [1.82, 2.24) is 0 Å². The maximum atomic E-state index is 11.6. The molecular formula is C14H18O4. The molecule has 0 heterocycles. The molecule has 0 aliphatic rings. The first-order chi connectivity index (χ1) is 8.31. The van der Waals surface area contributed by atoms with Gasteiger partial charge in [0.05, 0.1) is 7.11 Å². The second-order valence-electron chi connectivity index (χ2n) is 4.71. The quantitative estimate of drug-likeness (QED) is 0.608. The minimum absolute atomic E-state index is 0.444. The van der Waals surface area contributed by atoms with Crippen molar-refractivity contribution >= 4 is 12.3 Å². The van der Waals surface area contributed by atoms with Crippen LogP contribution in [0.5, 0.6) is 5.75 Å². The number of aldehydes is 1. The highest BCUT2D eigenvalue weighted by atomic mass is 16.6. The Morgan fingerprint density at radius 2 is 1.72 bits per heavy atom. The van der Waals surface area contributed by atoms with Gasteiger partial charge < -0.3 is 9.47 Å². The third-order valence-electron chi connectivity index (χ3n) is 2.65. The third-order valence-corrected chi connectivity index (χ3v) is 2.65. The lowest BCUT2D eigenvalue weighted by atomic mass is 10.0. The molecule has 0 radical (unpaired) electrons. The van der Waals surface area contributed by atoms with Gasteiger partial charge in [-0.05, 0) is 51.0 Å². The fourth-order valence-electron chi connectivity index (χ4n) is 1.76. The van der Waals surface area contributed by atoms with Gasteiger partial charge in [0.25, 0.3) is 0 Å². The van der Waals surface area contributed by atoms with E-state index in [4.69, 9.17) is 9.47 Å². The lowest BCUT2D eigenvalue weighted by Crippen LogP contribution is -2.39. The molecule has 0 unspecified atom stereocenters. The number of ether oxygens (including phenoxy) is 2. The summed E-state index contributed by atoms with van der Waals surface area (Å²) in [5.41, 5.74) is 1.16. The number of carbonyl (C=O) groups is 2. The molecule has 0 spiro atoms. The zero-order valence-electron chi connectivity index (χ0n) is 11.4. The highest BCUT2D eigenvalue weighted by Crippen LogP contribution is 2.28. The normalized spacial score (nSPS) is 10.9. The van der Waals surface area contributed by atoms with Crippen LogP contribution in [0, 0.1) is 13.8 Å². The molecule has 0 atom stereocenters. The van der Waals surface area contributed by atoms with Gasteiger partial charge in [-0.2, -0.15) is 0 Å². The van der Waals surface area contributed by atoms with Gasteiger partial charge in [-0.3, -0.25) is 4.79 Å². The molecule has 0 bridgehead atoms. The van der Waals surface area contributed by atoms with Crippen molar-refractivity contribution in [1.29, 1.82) is 0 Å². The predicted octanol–water partition coefficient (Wildman–Crippen LogP) is 2.45. The third kappa shape index (κ3) is 2.88. The second kappa shape index (κ2) is 5.21. The van der Waals surface area contributed by atoms with Crippen LogP contribution in [0.3, 0.4) is 0 Å². The molecule has 0 saturated heterocycles. The number of esters is 1. The molecule has 0 amide bonds. The largest absolute Gasteiger partial charge is 0.476 e. The molecule has 1 rings (SSSR count). The van der Waals surface area contributed by atoms with E-state index >= 15 is 0 Å². The van der Waals surface area contributed by atoms with Crippen molar-refractivity contribution in [3.63, 3.8) is 0 Å². The second-order valence-corrected chi connectivity index (χ2v) is 4.71. The van der Waals surface area contributed by atoms with Gasteiger partial charge in [0, 0.05) is 5.56 Å². The minimum Gasteiger partial charge on any atom is -0.476 e. The highest BCUT2D eigenvalue weighted by molar-refractivity contribution is 5.79.